The first-order valence-electron chi connectivity index (χ1n) is 16.0. The molecule has 5 atom stereocenters. The fraction of sp³-hybridized carbons (Fsp3) is 0.472. The number of carbonyl (C=O) groups excluding carboxylic acids is 1. The number of alkyl halides is 3. The Labute approximate surface area is 273 Å². The SMILES string of the molecule is C=CC(F)(F)Sc1c(C#CCNc2ccc(C(=O)NC)cc2OC)cc2c(N[C@@H]3CCC[C@H]4CC4C(CCF)C[C@H]3C)cccn12. The summed E-state index contributed by atoms with van der Waals surface area (Å²) in [5.41, 5.74) is 3.23. The number of hydrogen-bond donors (Lipinski definition) is 3. The van der Waals surface area contributed by atoms with E-state index in [4.69, 9.17) is 4.74 Å². The Morgan fingerprint density at radius 1 is 1.22 bits per heavy atom. The summed E-state index contributed by atoms with van der Waals surface area (Å²) in [4.78, 5) is 12.0. The first-order valence-corrected chi connectivity index (χ1v) is 16.8. The summed E-state index contributed by atoms with van der Waals surface area (Å²) in [6.07, 6.45) is 8.60. The number of methoxy groups -OCH3 is 1. The molecule has 246 valence electrons. The maximum Gasteiger partial charge on any atom is 0.317 e. The van der Waals surface area contributed by atoms with Crippen molar-refractivity contribution in [3.63, 3.8) is 0 Å². The Morgan fingerprint density at radius 3 is 2.78 bits per heavy atom. The minimum absolute atomic E-state index is 0.190. The molecule has 46 heavy (non-hydrogen) atoms. The van der Waals surface area contributed by atoms with E-state index >= 15 is 0 Å². The molecule has 2 heterocycles. The van der Waals surface area contributed by atoms with E-state index < -0.39 is 5.25 Å². The van der Waals surface area contributed by atoms with Gasteiger partial charge in [-0.3, -0.25) is 9.18 Å². The fourth-order valence-electron chi connectivity index (χ4n) is 6.83. The second-order valence-corrected chi connectivity index (χ2v) is 13.5. The third kappa shape index (κ3) is 7.80. The van der Waals surface area contributed by atoms with Crippen LogP contribution in [0.4, 0.5) is 24.5 Å². The molecular weight excluding hydrogens is 609 g/mol. The molecule has 0 aliphatic heterocycles. The zero-order valence-electron chi connectivity index (χ0n) is 26.7. The summed E-state index contributed by atoms with van der Waals surface area (Å²) in [7, 11) is 3.08. The Kier molecular flexibility index (Phi) is 10.8. The van der Waals surface area contributed by atoms with Gasteiger partial charge in [-0.1, -0.05) is 38.2 Å². The van der Waals surface area contributed by atoms with Crippen LogP contribution in [-0.4, -0.2) is 49.0 Å². The van der Waals surface area contributed by atoms with Crippen LogP contribution in [0.2, 0.25) is 0 Å². The smallest absolute Gasteiger partial charge is 0.317 e. The normalized spacial score (nSPS) is 22.7. The molecule has 0 bridgehead atoms. The molecule has 1 amide bonds. The zero-order valence-corrected chi connectivity index (χ0v) is 27.5. The molecule has 0 spiro atoms. The van der Waals surface area contributed by atoms with E-state index in [1.807, 2.05) is 18.2 Å². The predicted octanol–water partition coefficient (Wildman–Crippen LogP) is 8.24. The van der Waals surface area contributed by atoms with Gasteiger partial charge in [0.05, 0.1) is 42.8 Å². The summed E-state index contributed by atoms with van der Waals surface area (Å²) in [5, 5.41) is 6.68. The van der Waals surface area contributed by atoms with Crippen LogP contribution in [0.3, 0.4) is 0 Å². The lowest BCUT2D eigenvalue weighted by Gasteiger charge is -2.29. The van der Waals surface area contributed by atoms with Crippen molar-refractivity contribution in [2.45, 2.75) is 61.8 Å². The van der Waals surface area contributed by atoms with E-state index in [-0.39, 0.29) is 25.2 Å². The molecule has 0 radical (unpaired) electrons. The Balaban J connectivity index is 1.40. The quantitative estimate of drug-likeness (QED) is 0.111. The maximum absolute atomic E-state index is 14.7. The van der Waals surface area contributed by atoms with E-state index in [2.05, 4.69) is 41.3 Å². The van der Waals surface area contributed by atoms with E-state index in [9.17, 15) is 18.0 Å². The molecule has 2 aliphatic carbocycles. The Morgan fingerprint density at radius 2 is 2.04 bits per heavy atom. The lowest BCUT2D eigenvalue weighted by molar-refractivity contribution is 0.0962. The topological polar surface area (TPSA) is 66.8 Å². The van der Waals surface area contributed by atoms with Gasteiger partial charge in [0, 0.05) is 24.8 Å². The van der Waals surface area contributed by atoms with Crippen molar-refractivity contribution in [2.24, 2.45) is 23.7 Å². The van der Waals surface area contributed by atoms with Gasteiger partial charge >= 0.3 is 5.25 Å². The summed E-state index contributed by atoms with van der Waals surface area (Å²) in [6.45, 7) is 5.53. The van der Waals surface area contributed by atoms with Crippen LogP contribution in [0, 0.1) is 35.5 Å². The molecule has 0 saturated heterocycles. The number of thioether (sulfide) groups is 1. The van der Waals surface area contributed by atoms with Crippen LogP contribution in [0.1, 0.15) is 61.4 Å². The summed E-state index contributed by atoms with van der Waals surface area (Å²) >= 11 is 0.418. The maximum atomic E-state index is 14.7. The van der Waals surface area contributed by atoms with Crippen LogP contribution in [-0.2, 0) is 0 Å². The van der Waals surface area contributed by atoms with E-state index in [0.717, 1.165) is 36.4 Å². The first-order chi connectivity index (χ1) is 22.2. The number of halogens is 3. The Bertz CT molecular complexity index is 1610. The number of anilines is 2. The van der Waals surface area contributed by atoms with Gasteiger partial charge in [-0.15, -0.1) is 0 Å². The van der Waals surface area contributed by atoms with Crippen molar-refractivity contribution >= 4 is 34.6 Å². The zero-order chi connectivity index (χ0) is 32.8. The van der Waals surface area contributed by atoms with Gasteiger partial charge in [0.1, 0.15) is 10.8 Å². The fourth-order valence-corrected chi connectivity index (χ4v) is 7.65. The average molecular weight is 653 g/mol. The van der Waals surface area contributed by atoms with Gasteiger partial charge in [-0.05, 0) is 104 Å². The van der Waals surface area contributed by atoms with Crippen molar-refractivity contribution in [3.8, 4) is 17.6 Å². The first kappa shape index (κ1) is 33.6. The van der Waals surface area contributed by atoms with Gasteiger partial charge in [0.2, 0.25) is 0 Å². The van der Waals surface area contributed by atoms with Gasteiger partial charge in [0.15, 0.2) is 0 Å². The minimum atomic E-state index is -3.19. The number of pyridine rings is 1. The highest BCUT2D eigenvalue weighted by molar-refractivity contribution is 8.00. The molecule has 3 aromatic rings. The van der Waals surface area contributed by atoms with Crippen molar-refractivity contribution < 1.29 is 22.7 Å². The molecule has 2 aliphatic rings. The molecule has 1 aromatic carbocycles. The number of benzene rings is 1. The van der Waals surface area contributed by atoms with Gasteiger partial charge < -0.3 is 25.1 Å². The highest BCUT2D eigenvalue weighted by Gasteiger charge is 2.43. The number of amides is 1. The number of aromatic nitrogens is 1. The molecular formula is C36H43F3N4O2S. The van der Waals surface area contributed by atoms with Crippen LogP contribution in [0.15, 0.2) is 60.3 Å². The number of fused-ring (bicyclic) bond motifs is 2. The largest absolute Gasteiger partial charge is 0.495 e. The molecule has 2 aromatic heterocycles. The number of carbonyl (C=O) groups is 1. The standard InChI is InChI=1S/C36H43F3N4O2S/c1-5-36(38,39)46-35-27(10-7-17-41-31-14-13-26(34(44)40-3)22-33(31)45-4)21-32-30(12-8-18-43(32)35)42-29-11-6-9-24-20-28(24)25(15-16-37)19-23(29)2/h5,8,12-14,18,21-25,28-29,41-42H,1,6,9,11,15-17,19-20H2,2-4H3,(H,40,44)/t23-,24+,25?,28?,29-/m1/s1. The number of nitrogens with zero attached hydrogens (tertiary/aromatic N) is 1. The molecule has 2 unspecified atom stereocenters. The Hall–Kier alpha value is -3.71. The summed E-state index contributed by atoms with van der Waals surface area (Å²) < 4.78 is 50.0. The molecule has 3 N–H and O–H groups in total. The summed E-state index contributed by atoms with van der Waals surface area (Å²) in [5.74, 6) is 8.60. The van der Waals surface area contributed by atoms with Crippen molar-refractivity contribution in [3.05, 3.63) is 66.4 Å². The van der Waals surface area contributed by atoms with Crippen LogP contribution in [0.5, 0.6) is 5.75 Å². The highest BCUT2D eigenvalue weighted by atomic mass is 32.2. The van der Waals surface area contributed by atoms with Gasteiger partial charge in [0.25, 0.3) is 5.91 Å². The number of rotatable bonds is 11. The van der Waals surface area contributed by atoms with Crippen molar-refractivity contribution in [1.29, 1.82) is 0 Å². The van der Waals surface area contributed by atoms with Crippen LogP contribution >= 0.6 is 11.8 Å². The third-order valence-corrected chi connectivity index (χ3v) is 10.4. The van der Waals surface area contributed by atoms with Gasteiger partial charge in [-0.25, -0.2) is 0 Å². The number of nitrogens with one attached hydrogen (secondary N) is 3. The van der Waals surface area contributed by atoms with Gasteiger partial charge in [-0.2, -0.15) is 8.78 Å². The second kappa shape index (κ2) is 14.8. The van der Waals surface area contributed by atoms with Crippen LogP contribution < -0.4 is 20.7 Å². The third-order valence-electron chi connectivity index (χ3n) is 9.37. The van der Waals surface area contributed by atoms with Crippen molar-refractivity contribution in [1.82, 2.24) is 9.72 Å². The summed E-state index contributed by atoms with van der Waals surface area (Å²) in [6, 6.07) is 11.0. The highest BCUT2D eigenvalue weighted by Crippen LogP contribution is 2.52. The molecule has 10 heteroatoms. The molecule has 2 fully saturated rings. The lowest BCUT2D eigenvalue weighted by atomic mass is 9.85. The van der Waals surface area contributed by atoms with E-state index in [1.165, 1.54) is 20.0 Å². The van der Waals surface area contributed by atoms with E-state index in [0.29, 0.717) is 69.6 Å². The minimum Gasteiger partial charge on any atom is -0.495 e. The number of ether oxygens (including phenoxy) is 1. The number of hydrogen-bond acceptors (Lipinski definition) is 5. The van der Waals surface area contributed by atoms with Crippen LogP contribution in [0.25, 0.3) is 5.52 Å². The average Bonchev–Trinajstić information content (AvgIpc) is 3.74. The molecule has 5 rings (SSSR count). The molecule has 6 nitrogen and oxygen atoms in total. The predicted molar refractivity (Wildman–Crippen MR) is 181 cm³/mol. The monoisotopic (exact) mass is 652 g/mol. The molecule has 2 saturated carbocycles. The van der Waals surface area contributed by atoms with Crippen molar-refractivity contribution in [2.75, 3.05) is 38.0 Å². The van der Waals surface area contributed by atoms with E-state index in [1.54, 1.807) is 35.8 Å². The lowest BCUT2D eigenvalue weighted by Crippen LogP contribution is -2.29. The second-order valence-electron chi connectivity index (χ2n) is 12.3.